The first-order valence-corrected chi connectivity index (χ1v) is 6.60. The summed E-state index contributed by atoms with van der Waals surface area (Å²) in [5.41, 5.74) is 1.11. The molecule has 3 heteroatoms. The van der Waals surface area contributed by atoms with Crippen molar-refractivity contribution >= 4 is 5.57 Å². The summed E-state index contributed by atoms with van der Waals surface area (Å²) in [5.74, 6) is -2.14. The van der Waals surface area contributed by atoms with E-state index in [-0.39, 0.29) is 5.56 Å². The molecule has 1 atom stereocenters. The number of rotatable bonds is 4. The van der Waals surface area contributed by atoms with Crippen LogP contribution in [0, 0.1) is 17.6 Å². The second kappa shape index (κ2) is 6.00. The minimum Gasteiger partial charge on any atom is -0.505 e. The number of halogens is 2. The summed E-state index contributed by atoms with van der Waals surface area (Å²) < 4.78 is 27.1. The molecule has 19 heavy (non-hydrogen) atoms. The van der Waals surface area contributed by atoms with E-state index in [4.69, 9.17) is 5.11 Å². The first-order chi connectivity index (χ1) is 9.13. The highest BCUT2D eigenvalue weighted by atomic mass is 19.2. The number of hydrogen-bond acceptors (Lipinski definition) is 1. The second-order valence-electron chi connectivity index (χ2n) is 5.00. The molecule has 0 amide bonds. The van der Waals surface area contributed by atoms with Crippen molar-refractivity contribution in [2.24, 2.45) is 5.92 Å². The standard InChI is InChI=1S/C16H18F2O/c1-2-3-4-11-5-7-12(8-6-11)13-9-10-14(19)16(18)15(13)17/h2,7,9-11,19H,1,3-6,8H2. The summed E-state index contributed by atoms with van der Waals surface area (Å²) in [4.78, 5) is 0. The average Bonchev–Trinajstić information content (AvgIpc) is 2.44. The maximum absolute atomic E-state index is 13.8. The molecule has 0 aromatic heterocycles. The summed E-state index contributed by atoms with van der Waals surface area (Å²) in [7, 11) is 0. The third kappa shape index (κ3) is 3.03. The van der Waals surface area contributed by atoms with Gasteiger partial charge >= 0.3 is 0 Å². The van der Waals surface area contributed by atoms with Crippen molar-refractivity contribution in [2.45, 2.75) is 32.1 Å². The quantitative estimate of drug-likeness (QED) is 0.773. The van der Waals surface area contributed by atoms with Crippen molar-refractivity contribution < 1.29 is 13.9 Å². The third-order valence-electron chi connectivity index (χ3n) is 3.71. The molecule has 0 heterocycles. The molecule has 0 aliphatic heterocycles. The predicted octanol–water partition coefficient (Wildman–Crippen LogP) is 4.82. The van der Waals surface area contributed by atoms with E-state index in [1.165, 1.54) is 12.1 Å². The summed E-state index contributed by atoms with van der Waals surface area (Å²) in [6.45, 7) is 3.71. The highest BCUT2D eigenvalue weighted by Crippen LogP contribution is 2.35. The molecule has 102 valence electrons. The van der Waals surface area contributed by atoms with Crippen molar-refractivity contribution in [2.75, 3.05) is 0 Å². The van der Waals surface area contributed by atoms with Gasteiger partial charge < -0.3 is 5.11 Å². The number of hydrogen-bond donors (Lipinski definition) is 1. The van der Waals surface area contributed by atoms with Crippen molar-refractivity contribution in [3.8, 4) is 5.75 Å². The van der Waals surface area contributed by atoms with E-state index in [9.17, 15) is 8.78 Å². The predicted molar refractivity (Wildman–Crippen MR) is 72.8 cm³/mol. The Labute approximate surface area is 112 Å². The smallest absolute Gasteiger partial charge is 0.200 e. The lowest BCUT2D eigenvalue weighted by atomic mass is 9.84. The average molecular weight is 264 g/mol. The van der Waals surface area contributed by atoms with E-state index < -0.39 is 17.4 Å². The molecule has 1 N–H and O–H groups in total. The largest absolute Gasteiger partial charge is 0.505 e. The molecule has 1 aromatic rings. The zero-order valence-electron chi connectivity index (χ0n) is 10.8. The molecular weight excluding hydrogens is 246 g/mol. The zero-order valence-corrected chi connectivity index (χ0v) is 10.8. The van der Waals surface area contributed by atoms with E-state index in [1.807, 2.05) is 12.2 Å². The van der Waals surface area contributed by atoms with E-state index in [0.29, 0.717) is 5.92 Å². The monoisotopic (exact) mass is 264 g/mol. The van der Waals surface area contributed by atoms with Crippen LogP contribution in [0.3, 0.4) is 0 Å². The Bertz CT molecular complexity index is 506. The summed E-state index contributed by atoms with van der Waals surface area (Å²) in [6, 6.07) is 2.65. The zero-order chi connectivity index (χ0) is 13.8. The summed E-state index contributed by atoms with van der Waals surface area (Å²) in [6.07, 6.45) is 8.63. The van der Waals surface area contributed by atoms with Crippen LogP contribution in [0.4, 0.5) is 8.78 Å². The molecule has 0 radical (unpaired) electrons. The molecule has 0 bridgehead atoms. The Kier molecular flexibility index (Phi) is 4.35. The van der Waals surface area contributed by atoms with Gasteiger partial charge in [0.15, 0.2) is 11.6 Å². The van der Waals surface area contributed by atoms with Crippen molar-refractivity contribution in [3.05, 3.63) is 48.1 Å². The summed E-state index contributed by atoms with van der Waals surface area (Å²) in [5, 5.41) is 9.12. The lowest BCUT2D eigenvalue weighted by molar-refractivity contribution is 0.405. The normalized spacial score (nSPS) is 19.1. The van der Waals surface area contributed by atoms with Crippen LogP contribution in [-0.4, -0.2) is 5.11 Å². The first kappa shape index (κ1) is 13.8. The number of phenols is 1. The molecular formula is C16H18F2O. The molecule has 1 nitrogen and oxygen atoms in total. The van der Waals surface area contributed by atoms with Crippen molar-refractivity contribution in [1.29, 1.82) is 0 Å². The van der Waals surface area contributed by atoms with Gasteiger partial charge in [-0.2, -0.15) is 4.39 Å². The highest BCUT2D eigenvalue weighted by molar-refractivity contribution is 5.67. The van der Waals surface area contributed by atoms with E-state index >= 15 is 0 Å². The van der Waals surface area contributed by atoms with Gasteiger partial charge in [0.1, 0.15) is 0 Å². The van der Waals surface area contributed by atoms with Crippen LogP contribution in [0.5, 0.6) is 5.75 Å². The molecule has 1 aromatic carbocycles. The van der Waals surface area contributed by atoms with Gasteiger partial charge in [-0.15, -0.1) is 6.58 Å². The van der Waals surface area contributed by atoms with Gasteiger partial charge in [-0.25, -0.2) is 4.39 Å². The lowest BCUT2D eigenvalue weighted by Gasteiger charge is -2.22. The van der Waals surface area contributed by atoms with Gasteiger partial charge in [0, 0.05) is 5.56 Å². The van der Waals surface area contributed by atoms with E-state index in [1.54, 1.807) is 0 Å². The molecule has 0 spiro atoms. The Balaban J connectivity index is 2.14. The fourth-order valence-corrected chi connectivity index (χ4v) is 2.54. The Morgan fingerprint density at radius 1 is 1.32 bits per heavy atom. The van der Waals surface area contributed by atoms with Gasteiger partial charge in [-0.3, -0.25) is 0 Å². The molecule has 0 fully saturated rings. The van der Waals surface area contributed by atoms with Crippen LogP contribution < -0.4 is 0 Å². The van der Waals surface area contributed by atoms with Crippen LogP contribution >= 0.6 is 0 Å². The molecule has 0 saturated carbocycles. The third-order valence-corrected chi connectivity index (χ3v) is 3.71. The molecule has 1 aliphatic carbocycles. The minimum atomic E-state index is -1.16. The molecule has 0 saturated heterocycles. The van der Waals surface area contributed by atoms with Crippen molar-refractivity contribution in [3.63, 3.8) is 0 Å². The fraction of sp³-hybridized carbons (Fsp3) is 0.375. The molecule has 2 rings (SSSR count). The van der Waals surface area contributed by atoms with Crippen LogP contribution in [0.25, 0.3) is 5.57 Å². The minimum absolute atomic E-state index is 0.275. The number of allylic oxidation sites excluding steroid dienone is 3. The van der Waals surface area contributed by atoms with Gasteiger partial charge in [-0.1, -0.05) is 12.2 Å². The highest BCUT2D eigenvalue weighted by Gasteiger charge is 2.20. The number of aromatic hydroxyl groups is 1. The lowest BCUT2D eigenvalue weighted by Crippen LogP contribution is -2.06. The second-order valence-corrected chi connectivity index (χ2v) is 5.00. The van der Waals surface area contributed by atoms with Crippen LogP contribution in [0.2, 0.25) is 0 Å². The Hall–Kier alpha value is -1.64. The first-order valence-electron chi connectivity index (χ1n) is 6.60. The topological polar surface area (TPSA) is 20.2 Å². The number of phenolic OH excluding ortho intramolecular Hbond substituents is 1. The molecule has 1 unspecified atom stereocenters. The maximum Gasteiger partial charge on any atom is 0.200 e. The van der Waals surface area contributed by atoms with Crippen LogP contribution in [-0.2, 0) is 0 Å². The van der Waals surface area contributed by atoms with Gasteiger partial charge in [0.2, 0.25) is 5.82 Å². The maximum atomic E-state index is 13.8. The Morgan fingerprint density at radius 2 is 2.11 bits per heavy atom. The van der Waals surface area contributed by atoms with Gasteiger partial charge in [0.25, 0.3) is 0 Å². The van der Waals surface area contributed by atoms with Crippen LogP contribution in [0.15, 0.2) is 30.9 Å². The summed E-state index contributed by atoms with van der Waals surface area (Å²) >= 11 is 0. The molecule has 1 aliphatic rings. The Morgan fingerprint density at radius 3 is 2.74 bits per heavy atom. The van der Waals surface area contributed by atoms with E-state index in [2.05, 4.69) is 6.58 Å². The van der Waals surface area contributed by atoms with Crippen molar-refractivity contribution in [1.82, 2.24) is 0 Å². The van der Waals surface area contributed by atoms with E-state index in [0.717, 1.165) is 37.7 Å². The number of benzene rings is 1. The fourth-order valence-electron chi connectivity index (χ4n) is 2.54. The van der Waals surface area contributed by atoms with Gasteiger partial charge in [-0.05, 0) is 55.7 Å². The van der Waals surface area contributed by atoms with Crippen LogP contribution in [0.1, 0.15) is 37.7 Å². The SMILES string of the molecule is C=CCCC1CC=C(c2ccc(O)c(F)c2F)CC1. The van der Waals surface area contributed by atoms with Gasteiger partial charge in [0.05, 0.1) is 0 Å².